The molecule has 1 atom stereocenters. The van der Waals surface area contributed by atoms with Gasteiger partial charge in [-0.05, 0) is 56.1 Å². The Morgan fingerprint density at radius 3 is 2.50 bits per heavy atom. The van der Waals surface area contributed by atoms with Crippen LogP contribution < -0.4 is 4.74 Å². The van der Waals surface area contributed by atoms with Gasteiger partial charge in [0.25, 0.3) is 0 Å². The molecule has 162 valence electrons. The van der Waals surface area contributed by atoms with Gasteiger partial charge in [-0.2, -0.15) is 4.37 Å². The Kier molecular flexibility index (Phi) is 8.35. The summed E-state index contributed by atoms with van der Waals surface area (Å²) in [6.07, 6.45) is 5.85. The third kappa shape index (κ3) is 6.61. The Bertz CT molecular complexity index is 829. The molecule has 0 radical (unpaired) electrons. The molecule has 0 amide bonds. The number of rotatable bonds is 8. The van der Waals surface area contributed by atoms with E-state index in [4.69, 9.17) is 14.9 Å². The maximum Gasteiger partial charge on any atom is 0.328 e. The zero-order valence-corrected chi connectivity index (χ0v) is 18.1. The number of aliphatic carboxylic acids is 2. The third-order valence-corrected chi connectivity index (χ3v) is 6.71. The second-order valence-corrected chi connectivity index (χ2v) is 8.80. The summed E-state index contributed by atoms with van der Waals surface area (Å²) >= 11 is 3.12. The maximum absolute atomic E-state index is 9.55. The minimum atomic E-state index is -1.26. The van der Waals surface area contributed by atoms with Crippen molar-refractivity contribution in [2.45, 2.75) is 31.6 Å². The molecule has 2 bridgehead atoms. The lowest BCUT2D eigenvalue weighted by Crippen LogP contribution is -2.46. The largest absolute Gasteiger partial charge is 0.478 e. The molecule has 2 aromatic rings. The molecular formula is C20H25N3O5S2. The fraction of sp³-hybridized carbons (Fsp3) is 0.500. The van der Waals surface area contributed by atoms with Gasteiger partial charge in [-0.1, -0.05) is 6.07 Å². The summed E-state index contributed by atoms with van der Waals surface area (Å²) in [5.41, 5.74) is 1.12. The zero-order chi connectivity index (χ0) is 21.3. The number of carboxylic acids is 2. The minimum absolute atomic E-state index is 0.536. The highest BCUT2D eigenvalue weighted by Crippen LogP contribution is 2.41. The van der Waals surface area contributed by atoms with Crippen LogP contribution in [0.5, 0.6) is 5.88 Å². The first-order valence-electron chi connectivity index (χ1n) is 9.87. The molecule has 5 heterocycles. The van der Waals surface area contributed by atoms with E-state index in [0.29, 0.717) is 18.1 Å². The number of ether oxygens (including phenoxy) is 1. The van der Waals surface area contributed by atoms with Crippen LogP contribution in [0, 0.1) is 5.92 Å². The summed E-state index contributed by atoms with van der Waals surface area (Å²) in [5.74, 6) is -0.398. The average Bonchev–Trinajstić information content (AvgIpc) is 3.43. The highest BCUT2D eigenvalue weighted by atomic mass is 32.1. The molecule has 0 aromatic carbocycles. The monoisotopic (exact) mass is 451 g/mol. The van der Waals surface area contributed by atoms with Crippen LogP contribution in [0.2, 0.25) is 0 Å². The topological polar surface area (TPSA) is 113 Å². The summed E-state index contributed by atoms with van der Waals surface area (Å²) < 4.78 is 14.9. The standard InChI is InChI=1S/C16H21N3OS2.C4H4O4/c1(3-13-4-2-10-21-13)9-20-16-15(17-22-18-16)14-11-19-7-5-12(14)6-8-19;5-3(6)1-2-4(7)8/h2,4,10,12,14H,1,3,5-9,11H2;1-2H,(H,5,6)(H,7,8). The van der Waals surface area contributed by atoms with Gasteiger partial charge < -0.3 is 19.8 Å². The van der Waals surface area contributed by atoms with E-state index >= 15 is 0 Å². The highest BCUT2D eigenvalue weighted by Gasteiger charge is 2.38. The van der Waals surface area contributed by atoms with Gasteiger partial charge >= 0.3 is 11.9 Å². The first-order valence-corrected chi connectivity index (χ1v) is 11.5. The van der Waals surface area contributed by atoms with Gasteiger partial charge in [0, 0.05) is 29.5 Å². The summed E-state index contributed by atoms with van der Waals surface area (Å²) in [6.45, 7) is 4.39. The molecule has 3 aliphatic rings. The molecule has 30 heavy (non-hydrogen) atoms. The van der Waals surface area contributed by atoms with Crippen molar-refractivity contribution in [3.05, 3.63) is 40.2 Å². The van der Waals surface area contributed by atoms with Crippen LogP contribution in [0.3, 0.4) is 0 Å². The fourth-order valence-corrected chi connectivity index (χ4v) is 5.12. The molecule has 0 aliphatic carbocycles. The number of aryl methyl sites for hydroxylation is 1. The number of fused-ring (bicyclic) bond motifs is 3. The van der Waals surface area contributed by atoms with Gasteiger partial charge in [-0.3, -0.25) is 0 Å². The lowest BCUT2D eigenvalue weighted by Gasteiger charge is -2.44. The van der Waals surface area contributed by atoms with E-state index in [1.165, 1.54) is 42.5 Å². The molecule has 2 aromatic heterocycles. The Labute approximate surface area is 183 Å². The van der Waals surface area contributed by atoms with Crippen molar-refractivity contribution in [1.29, 1.82) is 0 Å². The van der Waals surface area contributed by atoms with Crippen LogP contribution in [-0.2, 0) is 16.0 Å². The van der Waals surface area contributed by atoms with Gasteiger partial charge in [0.2, 0.25) is 5.88 Å². The van der Waals surface area contributed by atoms with E-state index in [0.717, 1.165) is 43.5 Å². The second kappa shape index (κ2) is 11.2. The number of carboxylic acid groups (broad SMARTS) is 2. The molecule has 5 rings (SSSR count). The molecule has 10 heteroatoms. The molecule has 2 N–H and O–H groups in total. The van der Waals surface area contributed by atoms with Gasteiger partial charge in [0.05, 0.1) is 18.3 Å². The normalized spacial score (nSPS) is 22.5. The van der Waals surface area contributed by atoms with E-state index in [2.05, 4.69) is 31.2 Å². The van der Waals surface area contributed by atoms with E-state index < -0.39 is 11.9 Å². The van der Waals surface area contributed by atoms with E-state index in [-0.39, 0.29) is 0 Å². The van der Waals surface area contributed by atoms with Crippen LogP contribution >= 0.6 is 23.1 Å². The van der Waals surface area contributed by atoms with Gasteiger partial charge in [0.1, 0.15) is 5.69 Å². The van der Waals surface area contributed by atoms with Gasteiger partial charge in [0.15, 0.2) is 0 Å². The number of piperidine rings is 3. The molecule has 0 spiro atoms. The number of carbonyl (C=O) groups is 2. The first kappa shape index (κ1) is 22.4. The zero-order valence-electron chi connectivity index (χ0n) is 16.5. The molecule has 3 fully saturated rings. The Balaban J connectivity index is 0.000000275. The number of nitrogens with zero attached hydrogens (tertiary/aromatic N) is 3. The van der Waals surface area contributed by atoms with Crippen LogP contribution in [0.15, 0.2) is 29.7 Å². The fourth-order valence-electron chi connectivity index (χ4n) is 3.80. The third-order valence-electron chi connectivity index (χ3n) is 5.24. The SMILES string of the molecule is O=C(O)C=CC(=O)O.c1csc(CCCOc2nsnc2C2CN3CCC2CC3)c1. The Morgan fingerprint density at radius 1 is 1.20 bits per heavy atom. The van der Waals surface area contributed by atoms with E-state index in [9.17, 15) is 9.59 Å². The minimum Gasteiger partial charge on any atom is -0.478 e. The van der Waals surface area contributed by atoms with Crippen molar-refractivity contribution in [2.24, 2.45) is 5.92 Å². The van der Waals surface area contributed by atoms with Crippen LogP contribution in [0.25, 0.3) is 0 Å². The summed E-state index contributed by atoms with van der Waals surface area (Å²) in [6, 6.07) is 4.30. The van der Waals surface area contributed by atoms with Crippen LogP contribution in [0.1, 0.15) is 35.8 Å². The molecule has 0 saturated carbocycles. The lowest BCUT2D eigenvalue weighted by molar-refractivity contribution is -0.134. The van der Waals surface area contributed by atoms with Crippen molar-refractivity contribution >= 4 is 35.0 Å². The summed E-state index contributed by atoms with van der Waals surface area (Å²) in [4.78, 5) is 23.1. The summed E-state index contributed by atoms with van der Waals surface area (Å²) in [7, 11) is 0. The quantitative estimate of drug-likeness (QED) is 0.465. The maximum atomic E-state index is 9.55. The molecule has 8 nitrogen and oxygen atoms in total. The Morgan fingerprint density at radius 2 is 1.93 bits per heavy atom. The Hall–Kier alpha value is -2.30. The van der Waals surface area contributed by atoms with E-state index in [1.807, 2.05) is 11.3 Å². The number of hydrogen-bond acceptors (Lipinski definition) is 8. The first-order chi connectivity index (χ1) is 14.5. The average molecular weight is 452 g/mol. The van der Waals surface area contributed by atoms with Gasteiger partial charge in [-0.15, -0.1) is 15.7 Å². The highest BCUT2D eigenvalue weighted by molar-refractivity contribution is 7.09. The number of aromatic nitrogens is 2. The van der Waals surface area contributed by atoms with Crippen molar-refractivity contribution in [2.75, 3.05) is 26.2 Å². The predicted octanol–water partition coefficient (Wildman–Crippen LogP) is 3.13. The van der Waals surface area contributed by atoms with Crippen molar-refractivity contribution < 1.29 is 24.5 Å². The van der Waals surface area contributed by atoms with Gasteiger partial charge in [-0.25, -0.2) is 9.59 Å². The van der Waals surface area contributed by atoms with Crippen LogP contribution in [0.4, 0.5) is 0 Å². The predicted molar refractivity (Wildman–Crippen MR) is 114 cm³/mol. The van der Waals surface area contributed by atoms with Crippen molar-refractivity contribution in [3.63, 3.8) is 0 Å². The summed E-state index contributed by atoms with van der Waals surface area (Å²) in [5, 5.41) is 17.8. The molecular weight excluding hydrogens is 426 g/mol. The molecule has 3 saturated heterocycles. The lowest BCUT2D eigenvalue weighted by atomic mass is 9.77. The smallest absolute Gasteiger partial charge is 0.328 e. The molecule has 3 aliphatic heterocycles. The molecule has 1 unspecified atom stereocenters. The van der Waals surface area contributed by atoms with Crippen molar-refractivity contribution in [1.82, 2.24) is 13.6 Å². The van der Waals surface area contributed by atoms with E-state index in [1.54, 1.807) is 0 Å². The second-order valence-electron chi connectivity index (χ2n) is 7.24. The number of thiophene rings is 1. The van der Waals surface area contributed by atoms with Crippen molar-refractivity contribution in [3.8, 4) is 5.88 Å². The van der Waals surface area contributed by atoms with Crippen LogP contribution in [-0.4, -0.2) is 62.0 Å². The number of hydrogen-bond donors (Lipinski definition) is 2.